The molecule has 1 heteroatoms. The lowest BCUT2D eigenvalue weighted by Crippen LogP contribution is -2.28. The van der Waals surface area contributed by atoms with Crippen molar-refractivity contribution in [2.75, 3.05) is 0 Å². The van der Waals surface area contributed by atoms with E-state index in [2.05, 4.69) is 38.1 Å². The quantitative estimate of drug-likeness (QED) is 0.833. The van der Waals surface area contributed by atoms with Gasteiger partial charge in [0.15, 0.2) is 0 Å². The van der Waals surface area contributed by atoms with Crippen LogP contribution in [0.25, 0.3) is 0 Å². The van der Waals surface area contributed by atoms with Gasteiger partial charge in [-0.15, -0.1) is 0 Å². The van der Waals surface area contributed by atoms with Crippen molar-refractivity contribution in [2.45, 2.75) is 64.9 Å². The lowest BCUT2D eigenvalue weighted by atomic mass is 9.76. The molecule has 0 spiro atoms. The van der Waals surface area contributed by atoms with Crippen LogP contribution < -0.4 is 0 Å². The maximum absolute atomic E-state index is 10.5. The van der Waals surface area contributed by atoms with Gasteiger partial charge < -0.3 is 5.11 Å². The topological polar surface area (TPSA) is 20.2 Å². The lowest BCUT2D eigenvalue weighted by Gasteiger charge is -2.31. The molecule has 0 saturated heterocycles. The van der Waals surface area contributed by atoms with Crippen LogP contribution in [0.5, 0.6) is 0 Å². The molecular formula is C18H28O. The molecule has 1 fully saturated rings. The largest absolute Gasteiger partial charge is 0.392 e. The maximum atomic E-state index is 10.5. The van der Waals surface area contributed by atoms with E-state index in [1.165, 1.54) is 43.2 Å². The number of aliphatic hydroxyl groups is 1. The van der Waals surface area contributed by atoms with Crippen molar-refractivity contribution >= 4 is 0 Å². The minimum atomic E-state index is -0.151. The standard InChI is InChI=1S/C18H28O/c1-3-14-8-10-16(11-9-14)13-18(19)17-7-5-6-15(4-2)12-17/h8-11,15,17-19H,3-7,12-13H2,1-2H3. The Kier molecular flexibility index (Phi) is 5.45. The molecule has 1 nitrogen and oxygen atoms in total. The molecule has 0 amide bonds. The third-order valence-electron chi connectivity index (χ3n) is 4.82. The van der Waals surface area contributed by atoms with Gasteiger partial charge >= 0.3 is 0 Å². The molecule has 19 heavy (non-hydrogen) atoms. The molecule has 0 aromatic heterocycles. The zero-order chi connectivity index (χ0) is 13.7. The molecule has 0 heterocycles. The van der Waals surface area contributed by atoms with Crippen LogP contribution in [-0.4, -0.2) is 11.2 Å². The van der Waals surface area contributed by atoms with E-state index in [-0.39, 0.29) is 6.10 Å². The van der Waals surface area contributed by atoms with Crippen LogP contribution in [0.4, 0.5) is 0 Å². The molecule has 3 atom stereocenters. The van der Waals surface area contributed by atoms with Gasteiger partial charge in [-0.1, -0.05) is 57.4 Å². The molecular weight excluding hydrogens is 232 g/mol. The van der Waals surface area contributed by atoms with E-state index in [4.69, 9.17) is 0 Å². The van der Waals surface area contributed by atoms with Gasteiger partial charge in [-0.25, -0.2) is 0 Å². The fourth-order valence-electron chi connectivity index (χ4n) is 3.37. The highest BCUT2D eigenvalue weighted by Crippen LogP contribution is 2.33. The first-order chi connectivity index (χ1) is 9.22. The Bertz CT molecular complexity index is 368. The van der Waals surface area contributed by atoms with Crippen molar-refractivity contribution in [1.82, 2.24) is 0 Å². The van der Waals surface area contributed by atoms with Crippen LogP contribution >= 0.6 is 0 Å². The average Bonchev–Trinajstić information content (AvgIpc) is 2.48. The Morgan fingerprint density at radius 2 is 1.79 bits per heavy atom. The van der Waals surface area contributed by atoms with Crippen LogP contribution in [0.3, 0.4) is 0 Å². The number of hydrogen-bond acceptors (Lipinski definition) is 1. The van der Waals surface area contributed by atoms with Gasteiger partial charge in [0.25, 0.3) is 0 Å². The average molecular weight is 260 g/mol. The van der Waals surface area contributed by atoms with Crippen molar-refractivity contribution in [2.24, 2.45) is 11.8 Å². The van der Waals surface area contributed by atoms with Gasteiger partial charge in [-0.2, -0.15) is 0 Å². The molecule has 1 aromatic carbocycles. The summed E-state index contributed by atoms with van der Waals surface area (Å²) < 4.78 is 0. The van der Waals surface area contributed by atoms with Crippen molar-refractivity contribution in [3.63, 3.8) is 0 Å². The summed E-state index contributed by atoms with van der Waals surface area (Å²) in [5.41, 5.74) is 2.66. The number of aryl methyl sites for hydroxylation is 1. The molecule has 1 aromatic rings. The molecule has 2 rings (SSSR count). The van der Waals surface area contributed by atoms with E-state index in [9.17, 15) is 5.11 Å². The van der Waals surface area contributed by atoms with Gasteiger partial charge in [-0.3, -0.25) is 0 Å². The van der Waals surface area contributed by atoms with Crippen molar-refractivity contribution in [3.05, 3.63) is 35.4 Å². The van der Waals surface area contributed by atoms with E-state index >= 15 is 0 Å². The van der Waals surface area contributed by atoms with Gasteiger partial charge in [0.1, 0.15) is 0 Å². The summed E-state index contributed by atoms with van der Waals surface area (Å²) in [6.45, 7) is 4.46. The lowest BCUT2D eigenvalue weighted by molar-refractivity contribution is 0.0685. The number of rotatable bonds is 5. The minimum Gasteiger partial charge on any atom is -0.392 e. The molecule has 3 unspecified atom stereocenters. The summed E-state index contributed by atoms with van der Waals surface area (Å²) in [5, 5.41) is 10.5. The Labute approximate surface area is 118 Å². The summed E-state index contributed by atoms with van der Waals surface area (Å²) in [7, 11) is 0. The highest BCUT2D eigenvalue weighted by atomic mass is 16.3. The van der Waals surface area contributed by atoms with E-state index in [0.717, 1.165) is 18.8 Å². The highest BCUT2D eigenvalue weighted by Gasteiger charge is 2.26. The SMILES string of the molecule is CCc1ccc(CC(O)C2CCCC(CC)C2)cc1. The maximum Gasteiger partial charge on any atom is 0.0608 e. The molecule has 1 aliphatic carbocycles. The monoisotopic (exact) mass is 260 g/mol. The third kappa shape index (κ3) is 4.07. The third-order valence-corrected chi connectivity index (χ3v) is 4.82. The van der Waals surface area contributed by atoms with Gasteiger partial charge in [0.05, 0.1) is 6.10 Å². The first-order valence-corrected chi connectivity index (χ1v) is 7.98. The first-order valence-electron chi connectivity index (χ1n) is 7.98. The van der Waals surface area contributed by atoms with Crippen molar-refractivity contribution in [1.29, 1.82) is 0 Å². The van der Waals surface area contributed by atoms with Crippen LogP contribution in [-0.2, 0) is 12.8 Å². The van der Waals surface area contributed by atoms with E-state index < -0.39 is 0 Å². The van der Waals surface area contributed by atoms with Crippen LogP contribution in [0.2, 0.25) is 0 Å². The first kappa shape index (κ1) is 14.6. The minimum absolute atomic E-state index is 0.151. The predicted octanol–water partition coefficient (Wildman–Crippen LogP) is 4.37. The van der Waals surface area contributed by atoms with E-state index in [1.54, 1.807) is 0 Å². The Morgan fingerprint density at radius 1 is 1.11 bits per heavy atom. The zero-order valence-electron chi connectivity index (χ0n) is 12.4. The summed E-state index contributed by atoms with van der Waals surface area (Å²) in [5.74, 6) is 1.36. The molecule has 0 aliphatic heterocycles. The molecule has 0 bridgehead atoms. The Morgan fingerprint density at radius 3 is 2.42 bits per heavy atom. The summed E-state index contributed by atoms with van der Waals surface area (Å²) in [6, 6.07) is 8.75. The second-order valence-corrected chi connectivity index (χ2v) is 6.14. The number of aliphatic hydroxyl groups excluding tert-OH is 1. The van der Waals surface area contributed by atoms with Crippen molar-refractivity contribution < 1.29 is 5.11 Å². The van der Waals surface area contributed by atoms with E-state index in [1.807, 2.05) is 0 Å². The Hall–Kier alpha value is -0.820. The molecule has 1 saturated carbocycles. The molecule has 1 aliphatic rings. The number of hydrogen-bond donors (Lipinski definition) is 1. The van der Waals surface area contributed by atoms with Crippen LogP contribution in [0.15, 0.2) is 24.3 Å². The zero-order valence-corrected chi connectivity index (χ0v) is 12.4. The summed E-state index contributed by atoms with van der Waals surface area (Å²) >= 11 is 0. The normalized spacial score (nSPS) is 25.2. The molecule has 106 valence electrons. The predicted molar refractivity (Wildman–Crippen MR) is 81.3 cm³/mol. The van der Waals surface area contributed by atoms with Crippen LogP contribution in [0, 0.1) is 11.8 Å². The fourth-order valence-corrected chi connectivity index (χ4v) is 3.37. The smallest absolute Gasteiger partial charge is 0.0608 e. The molecule has 0 radical (unpaired) electrons. The molecule has 1 N–H and O–H groups in total. The van der Waals surface area contributed by atoms with E-state index in [0.29, 0.717) is 5.92 Å². The second-order valence-electron chi connectivity index (χ2n) is 6.14. The summed E-state index contributed by atoms with van der Waals surface area (Å²) in [6.07, 6.45) is 8.14. The van der Waals surface area contributed by atoms with Gasteiger partial charge in [-0.05, 0) is 48.6 Å². The Balaban J connectivity index is 1.90. The van der Waals surface area contributed by atoms with Gasteiger partial charge in [0.2, 0.25) is 0 Å². The fraction of sp³-hybridized carbons (Fsp3) is 0.667. The van der Waals surface area contributed by atoms with Crippen LogP contribution in [0.1, 0.15) is 57.1 Å². The number of benzene rings is 1. The summed E-state index contributed by atoms with van der Waals surface area (Å²) in [4.78, 5) is 0. The van der Waals surface area contributed by atoms with Crippen molar-refractivity contribution in [3.8, 4) is 0 Å². The van der Waals surface area contributed by atoms with Gasteiger partial charge in [0, 0.05) is 0 Å². The second kappa shape index (κ2) is 7.09. The highest BCUT2D eigenvalue weighted by molar-refractivity contribution is 5.23.